The Morgan fingerprint density at radius 2 is 1.69 bits per heavy atom. The van der Waals surface area contributed by atoms with E-state index in [9.17, 15) is 14.7 Å². The minimum absolute atomic E-state index is 0.118. The number of nitrogens with zero attached hydrogens (tertiary/aromatic N) is 2. The molecule has 4 aromatic rings. The van der Waals surface area contributed by atoms with Gasteiger partial charge < -0.3 is 19.2 Å². The van der Waals surface area contributed by atoms with Gasteiger partial charge in [0.25, 0.3) is 6.04 Å². The number of methoxy groups -OCH3 is 1. The van der Waals surface area contributed by atoms with Crippen molar-refractivity contribution in [2.24, 2.45) is 0 Å². The number of carbonyl (C=O) groups excluding carboxylic acids is 1. The molecule has 0 aliphatic rings. The van der Waals surface area contributed by atoms with Crippen LogP contribution in [0.3, 0.4) is 0 Å². The molecule has 32 heavy (non-hydrogen) atoms. The van der Waals surface area contributed by atoms with Crippen molar-refractivity contribution in [3.05, 3.63) is 94.6 Å². The molecule has 162 valence electrons. The van der Waals surface area contributed by atoms with Crippen molar-refractivity contribution in [1.29, 1.82) is 0 Å². The first-order chi connectivity index (χ1) is 15.4. The van der Waals surface area contributed by atoms with E-state index >= 15 is 0 Å². The highest BCUT2D eigenvalue weighted by molar-refractivity contribution is 6.01. The standard InChI is InChI=1S/C25H22N2O5/c1-26(2)17-12-14-27(15-13-17)22(23(28)16-8-10-18(31-3)11-9-16)21-24(29)19-6-4-5-7-20(19)32-25(21)30/h4-15,22H,1-3H3/p+1. The molecule has 7 nitrogen and oxygen atoms in total. The SMILES string of the molecule is COc1ccc(C(=O)C(c2c(O)c3ccccc3oc2=O)[n+]2ccc(N(C)C)cc2)cc1. The van der Waals surface area contributed by atoms with Crippen molar-refractivity contribution in [3.8, 4) is 11.5 Å². The highest BCUT2D eigenvalue weighted by Gasteiger charge is 2.37. The number of hydrogen-bond acceptors (Lipinski definition) is 6. The van der Waals surface area contributed by atoms with Crippen LogP contribution in [-0.2, 0) is 0 Å². The molecule has 4 rings (SSSR count). The molecule has 0 radical (unpaired) electrons. The largest absolute Gasteiger partial charge is 0.506 e. The van der Waals surface area contributed by atoms with Crippen LogP contribution in [0.15, 0.2) is 82.3 Å². The zero-order chi connectivity index (χ0) is 22.8. The molecule has 0 saturated heterocycles. The highest BCUT2D eigenvalue weighted by atomic mass is 16.5. The van der Waals surface area contributed by atoms with E-state index in [1.54, 1.807) is 72.6 Å². The number of carbonyl (C=O) groups is 1. The van der Waals surface area contributed by atoms with E-state index in [2.05, 4.69) is 0 Å². The number of rotatable bonds is 6. The van der Waals surface area contributed by atoms with Gasteiger partial charge in [-0.15, -0.1) is 0 Å². The lowest BCUT2D eigenvalue weighted by molar-refractivity contribution is -0.699. The fourth-order valence-electron chi connectivity index (χ4n) is 3.62. The van der Waals surface area contributed by atoms with Gasteiger partial charge in [-0.1, -0.05) is 12.1 Å². The second-order valence-corrected chi connectivity index (χ2v) is 7.54. The summed E-state index contributed by atoms with van der Waals surface area (Å²) < 4.78 is 12.2. The molecule has 1 atom stereocenters. The molecule has 0 fully saturated rings. The Bertz CT molecular complexity index is 1330. The van der Waals surface area contributed by atoms with Gasteiger partial charge in [0.05, 0.1) is 12.5 Å². The molecule has 2 aromatic carbocycles. The lowest BCUT2D eigenvalue weighted by Crippen LogP contribution is -2.46. The van der Waals surface area contributed by atoms with E-state index in [0.29, 0.717) is 16.7 Å². The number of hydrogen-bond donors (Lipinski definition) is 1. The minimum atomic E-state index is -1.12. The fraction of sp³-hybridized carbons (Fsp3) is 0.160. The summed E-state index contributed by atoms with van der Waals surface area (Å²) in [6.07, 6.45) is 3.41. The first-order valence-corrected chi connectivity index (χ1v) is 10.0. The molecule has 7 heteroatoms. The summed E-state index contributed by atoms with van der Waals surface area (Å²) in [7, 11) is 5.35. The highest BCUT2D eigenvalue weighted by Crippen LogP contribution is 2.31. The summed E-state index contributed by atoms with van der Waals surface area (Å²) >= 11 is 0. The van der Waals surface area contributed by atoms with Crippen LogP contribution >= 0.6 is 0 Å². The van der Waals surface area contributed by atoms with Crippen LogP contribution in [0, 0.1) is 0 Å². The average Bonchev–Trinajstić information content (AvgIpc) is 2.81. The maximum absolute atomic E-state index is 13.6. The third-order valence-corrected chi connectivity index (χ3v) is 5.37. The third-order valence-electron chi connectivity index (χ3n) is 5.37. The predicted molar refractivity (Wildman–Crippen MR) is 121 cm³/mol. The van der Waals surface area contributed by atoms with Crippen molar-refractivity contribution >= 4 is 22.4 Å². The Kier molecular flexibility index (Phi) is 5.64. The third kappa shape index (κ3) is 3.80. The average molecular weight is 431 g/mol. The molecule has 0 bridgehead atoms. The van der Waals surface area contributed by atoms with Gasteiger partial charge in [-0.25, -0.2) is 4.79 Å². The fourth-order valence-corrected chi connectivity index (χ4v) is 3.62. The molecular weight excluding hydrogens is 408 g/mol. The Morgan fingerprint density at radius 3 is 2.31 bits per heavy atom. The first kappa shape index (κ1) is 21.1. The molecule has 0 aliphatic heterocycles. The van der Waals surface area contributed by atoms with E-state index in [1.807, 2.05) is 31.1 Å². The van der Waals surface area contributed by atoms with Gasteiger partial charge in [-0.3, -0.25) is 4.79 Å². The molecule has 0 saturated carbocycles. The summed E-state index contributed by atoms with van der Waals surface area (Å²) in [5.41, 5.74) is 0.658. The Labute approximate surface area is 184 Å². The number of pyridine rings is 1. The number of aromatic nitrogens is 1. The zero-order valence-electron chi connectivity index (χ0n) is 18.0. The van der Waals surface area contributed by atoms with Gasteiger partial charge >= 0.3 is 5.63 Å². The van der Waals surface area contributed by atoms with Gasteiger partial charge in [0.2, 0.25) is 5.78 Å². The normalized spacial score (nSPS) is 11.8. The van der Waals surface area contributed by atoms with Gasteiger partial charge in [-0.2, -0.15) is 4.57 Å². The summed E-state index contributed by atoms with van der Waals surface area (Å²) in [5.74, 6) is -0.0322. The Balaban J connectivity index is 1.92. The molecule has 2 heterocycles. The van der Waals surface area contributed by atoms with E-state index in [0.717, 1.165) is 5.69 Å². The van der Waals surface area contributed by atoms with Crippen LogP contribution in [0.1, 0.15) is 22.0 Å². The van der Waals surface area contributed by atoms with Gasteiger partial charge in [0.15, 0.2) is 18.0 Å². The summed E-state index contributed by atoms with van der Waals surface area (Å²) in [5, 5.41) is 11.4. The number of anilines is 1. The van der Waals surface area contributed by atoms with Crippen LogP contribution in [0.5, 0.6) is 11.5 Å². The number of ketones is 1. The number of aromatic hydroxyl groups is 1. The first-order valence-electron chi connectivity index (χ1n) is 10.0. The number of benzene rings is 2. The van der Waals surface area contributed by atoms with Crippen LogP contribution < -0.4 is 19.8 Å². The quantitative estimate of drug-likeness (QED) is 0.286. The molecular formula is C25H23N2O5+. The predicted octanol–water partition coefficient (Wildman–Crippen LogP) is 3.33. The number of fused-ring (bicyclic) bond motifs is 1. The second-order valence-electron chi connectivity index (χ2n) is 7.54. The zero-order valence-corrected chi connectivity index (χ0v) is 18.0. The lowest BCUT2D eigenvalue weighted by atomic mass is 9.96. The van der Waals surface area contributed by atoms with Gasteiger partial charge in [0.1, 0.15) is 17.1 Å². The molecule has 0 aliphatic carbocycles. The second kappa shape index (κ2) is 8.55. The van der Waals surface area contributed by atoms with Crippen molar-refractivity contribution in [1.82, 2.24) is 0 Å². The summed E-state index contributed by atoms with van der Waals surface area (Å²) in [6.45, 7) is 0. The van der Waals surface area contributed by atoms with Crippen molar-refractivity contribution in [2.75, 3.05) is 26.1 Å². The maximum atomic E-state index is 13.6. The van der Waals surface area contributed by atoms with E-state index in [1.165, 1.54) is 0 Å². The molecule has 0 amide bonds. The van der Waals surface area contributed by atoms with Crippen LogP contribution in [0.4, 0.5) is 5.69 Å². The van der Waals surface area contributed by atoms with E-state index < -0.39 is 11.7 Å². The van der Waals surface area contributed by atoms with Crippen molar-refractivity contribution in [3.63, 3.8) is 0 Å². The smallest absolute Gasteiger partial charge is 0.350 e. The molecule has 1 unspecified atom stereocenters. The van der Waals surface area contributed by atoms with Gasteiger partial charge in [0, 0.05) is 37.5 Å². The molecule has 2 aromatic heterocycles. The van der Waals surface area contributed by atoms with Crippen LogP contribution in [0.2, 0.25) is 0 Å². The van der Waals surface area contributed by atoms with E-state index in [4.69, 9.17) is 9.15 Å². The Hall–Kier alpha value is -4.13. The summed E-state index contributed by atoms with van der Waals surface area (Å²) in [6, 6.07) is 15.8. The van der Waals surface area contributed by atoms with E-state index in [-0.39, 0.29) is 22.7 Å². The van der Waals surface area contributed by atoms with Gasteiger partial charge in [-0.05, 0) is 36.4 Å². The minimum Gasteiger partial charge on any atom is -0.506 e. The number of ether oxygens (including phenoxy) is 1. The monoisotopic (exact) mass is 431 g/mol. The molecule has 1 N–H and O–H groups in total. The number of para-hydroxylation sites is 1. The number of Topliss-reactive ketones (excluding diaryl/α,β-unsaturated/α-hetero) is 1. The van der Waals surface area contributed by atoms with Crippen LogP contribution in [-0.4, -0.2) is 32.1 Å². The molecule has 0 spiro atoms. The lowest BCUT2D eigenvalue weighted by Gasteiger charge is -2.15. The summed E-state index contributed by atoms with van der Waals surface area (Å²) in [4.78, 5) is 28.5. The van der Waals surface area contributed by atoms with Crippen molar-refractivity contribution in [2.45, 2.75) is 6.04 Å². The van der Waals surface area contributed by atoms with Crippen LogP contribution in [0.25, 0.3) is 11.0 Å². The Morgan fingerprint density at radius 1 is 1.03 bits per heavy atom. The maximum Gasteiger partial charge on any atom is 0.350 e. The topological polar surface area (TPSA) is 83.9 Å². The van der Waals surface area contributed by atoms with Crippen molar-refractivity contribution < 1.29 is 23.6 Å².